The lowest BCUT2D eigenvalue weighted by molar-refractivity contribution is -0.139. The van der Waals surface area contributed by atoms with Crippen LogP contribution in [-0.2, 0) is 27.9 Å². The molecule has 4 rings (SSSR count). The van der Waals surface area contributed by atoms with Crippen LogP contribution in [0.3, 0.4) is 0 Å². The quantitative estimate of drug-likeness (QED) is 0.703. The maximum Gasteiger partial charge on any atom is 0.417 e. The van der Waals surface area contributed by atoms with Gasteiger partial charge in [-0.15, -0.1) is 0 Å². The molecule has 2 heterocycles. The van der Waals surface area contributed by atoms with E-state index in [9.17, 15) is 31.6 Å². The highest BCUT2D eigenvalue weighted by atomic mass is 32.2. The number of carbonyl (C=O) groups is 1. The lowest BCUT2D eigenvalue weighted by Crippen LogP contribution is -2.48. The third-order valence-electron chi connectivity index (χ3n) is 6.22. The smallest absolute Gasteiger partial charge is 0.342 e. The number of benzene rings is 1. The first-order valence-electron chi connectivity index (χ1n) is 10.3. The summed E-state index contributed by atoms with van der Waals surface area (Å²) in [6.45, 7) is 1.58. The van der Waals surface area contributed by atoms with Crippen molar-refractivity contribution in [3.63, 3.8) is 0 Å². The molecule has 1 aliphatic carbocycles. The number of hydrogen-bond donors (Lipinski definition) is 1. The molecule has 0 bridgehead atoms. The van der Waals surface area contributed by atoms with E-state index in [0.29, 0.717) is 18.7 Å². The van der Waals surface area contributed by atoms with Gasteiger partial charge in [0, 0.05) is 25.4 Å². The maximum absolute atomic E-state index is 13.5. The molecule has 2 atom stereocenters. The highest BCUT2D eigenvalue weighted by molar-refractivity contribution is 7.92. The van der Waals surface area contributed by atoms with Crippen LogP contribution >= 0.6 is 0 Å². The van der Waals surface area contributed by atoms with Gasteiger partial charge in [0.1, 0.15) is 11.6 Å². The molecule has 1 saturated heterocycles. The highest BCUT2D eigenvalue weighted by Gasteiger charge is 2.50. The van der Waals surface area contributed by atoms with Crippen LogP contribution in [0.5, 0.6) is 0 Å². The summed E-state index contributed by atoms with van der Waals surface area (Å²) in [5, 5.41) is 15.0. The molecule has 8 nitrogen and oxygen atoms in total. The van der Waals surface area contributed by atoms with Gasteiger partial charge in [-0.2, -0.15) is 23.5 Å². The molecule has 1 aromatic heterocycles. The molecular formula is C21H22F3N5O3S. The predicted octanol–water partition coefficient (Wildman–Crippen LogP) is 2.34. The van der Waals surface area contributed by atoms with Crippen LogP contribution in [0.1, 0.15) is 30.5 Å². The van der Waals surface area contributed by atoms with Crippen LogP contribution in [-0.4, -0.2) is 47.5 Å². The Morgan fingerprint density at radius 1 is 1.30 bits per heavy atom. The fourth-order valence-corrected chi connectivity index (χ4v) is 5.95. The first-order valence-corrected chi connectivity index (χ1v) is 11.8. The van der Waals surface area contributed by atoms with Gasteiger partial charge in [-0.3, -0.25) is 9.48 Å². The lowest BCUT2D eigenvalue weighted by atomic mass is 10.1. The van der Waals surface area contributed by atoms with Crippen molar-refractivity contribution in [3.8, 4) is 6.07 Å². The molecule has 33 heavy (non-hydrogen) atoms. The Bertz CT molecular complexity index is 1230. The van der Waals surface area contributed by atoms with Crippen LogP contribution in [0.25, 0.3) is 0 Å². The number of alkyl halides is 3. The molecule has 1 saturated carbocycles. The van der Waals surface area contributed by atoms with Crippen molar-refractivity contribution in [3.05, 3.63) is 41.6 Å². The summed E-state index contributed by atoms with van der Waals surface area (Å²) in [4.78, 5) is 13.7. The van der Waals surface area contributed by atoms with Crippen molar-refractivity contribution in [1.29, 1.82) is 5.26 Å². The van der Waals surface area contributed by atoms with Crippen molar-refractivity contribution in [2.45, 2.75) is 54.1 Å². The molecule has 1 aromatic carbocycles. The number of nitrogens with zero attached hydrogens (tertiary/aromatic N) is 4. The van der Waals surface area contributed by atoms with Crippen LogP contribution in [0.15, 0.2) is 35.2 Å². The number of amides is 1. The van der Waals surface area contributed by atoms with Crippen molar-refractivity contribution in [2.24, 2.45) is 7.05 Å². The van der Waals surface area contributed by atoms with Crippen LogP contribution in [0, 0.1) is 18.3 Å². The van der Waals surface area contributed by atoms with Gasteiger partial charge in [0.15, 0.2) is 15.7 Å². The molecule has 12 heteroatoms. The molecule has 176 valence electrons. The zero-order chi connectivity index (χ0) is 24.2. The number of anilines is 1. The monoisotopic (exact) mass is 481 g/mol. The number of aryl methyl sites for hydroxylation is 2. The van der Waals surface area contributed by atoms with Crippen LogP contribution in [0.2, 0.25) is 0 Å². The second kappa shape index (κ2) is 7.76. The minimum atomic E-state index is -4.85. The Hall–Kier alpha value is -3.07. The average molecular weight is 482 g/mol. The number of aromatic nitrogens is 2. The lowest BCUT2D eigenvalue weighted by Gasteiger charge is -2.24. The Balaban J connectivity index is 1.71. The van der Waals surface area contributed by atoms with E-state index in [2.05, 4.69) is 16.5 Å². The van der Waals surface area contributed by atoms with E-state index in [1.54, 1.807) is 24.7 Å². The van der Waals surface area contributed by atoms with E-state index >= 15 is 0 Å². The molecule has 0 radical (unpaired) electrons. The van der Waals surface area contributed by atoms with Gasteiger partial charge in [0.2, 0.25) is 5.91 Å². The fourth-order valence-electron chi connectivity index (χ4n) is 4.04. The van der Waals surface area contributed by atoms with E-state index < -0.39 is 49.2 Å². The fraction of sp³-hybridized carbons (Fsp3) is 0.476. The van der Waals surface area contributed by atoms with Gasteiger partial charge in [-0.25, -0.2) is 8.42 Å². The minimum absolute atomic E-state index is 0.206. The number of sulfone groups is 1. The molecule has 2 fully saturated rings. The molecule has 1 aliphatic heterocycles. The molecule has 1 N–H and O–H groups in total. The minimum Gasteiger partial charge on any atom is -0.342 e. The van der Waals surface area contributed by atoms with Crippen molar-refractivity contribution >= 4 is 21.6 Å². The standard InChI is InChI=1S/C21H22F3N5O3S/c1-13-9-18(27-28(13)2)29-11-14(10-16(29)19(30)26-20(12-25)7-8-20)33(31,32)17-6-4-3-5-15(17)21(22,23)24/h3-6,9,14,16H,7-8,10-11H2,1-2H3,(H,26,30)/t14-,16+/m1/s1. The van der Waals surface area contributed by atoms with Gasteiger partial charge in [0.25, 0.3) is 0 Å². The number of hydrogen-bond acceptors (Lipinski definition) is 6. The summed E-state index contributed by atoms with van der Waals surface area (Å²) in [7, 11) is -2.75. The average Bonchev–Trinajstić information content (AvgIpc) is 3.23. The SMILES string of the molecule is Cc1cc(N2C[C@H](S(=O)(=O)c3ccccc3C(F)(F)F)C[C@H]2C(=O)NC2(C#N)CC2)nn1C. The largest absolute Gasteiger partial charge is 0.417 e. The van der Waals surface area contributed by atoms with Gasteiger partial charge in [-0.05, 0) is 38.3 Å². The summed E-state index contributed by atoms with van der Waals surface area (Å²) >= 11 is 0. The topological polar surface area (TPSA) is 108 Å². The zero-order valence-electron chi connectivity index (χ0n) is 17.9. The number of carbonyl (C=O) groups excluding carboxylic acids is 1. The van der Waals surface area contributed by atoms with Crippen LogP contribution < -0.4 is 10.2 Å². The third kappa shape index (κ3) is 4.17. The molecule has 2 aromatic rings. The van der Waals surface area contributed by atoms with Crippen LogP contribution in [0.4, 0.5) is 19.0 Å². The normalized spacial score (nSPS) is 22.1. The Morgan fingerprint density at radius 3 is 2.52 bits per heavy atom. The van der Waals surface area contributed by atoms with Gasteiger partial charge in [0.05, 0.1) is 21.8 Å². The third-order valence-corrected chi connectivity index (χ3v) is 8.41. The second-order valence-electron chi connectivity index (χ2n) is 8.52. The Morgan fingerprint density at radius 2 is 1.97 bits per heavy atom. The van der Waals surface area contributed by atoms with Crippen molar-refractivity contribution in [2.75, 3.05) is 11.4 Å². The zero-order valence-corrected chi connectivity index (χ0v) is 18.7. The highest BCUT2D eigenvalue weighted by Crippen LogP contribution is 2.39. The van der Waals surface area contributed by atoms with Gasteiger partial charge < -0.3 is 10.2 Å². The summed E-state index contributed by atoms with van der Waals surface area (Å²) in [6, 6.07) is 6.78. The van der Waals surface area contributed by atoms with Gasteiger partial charge in [-0.1, -0.05) is 12.1 Å². The first-order chi connectivity index (χ1) is 15.4. The number of nitriles is 1. The van der Waals surface area contributed by atoms with E-state index in [0.717, 1.165) is 23.9 Å². The Labute approximate surface area is 188 Å². The molecule has 0 spiro atoms. The summed E-state index contributed by atoms with van der Waals surface area (Å²) in [5.41, 5.74) is -1.45. The molecule has 1 amide bonds. The van der Waals surface area contributed by atoms with E-state index in [1.165, 1.54) is 11.0 Å². The summed E-state index contributed by atoms with van der Waals surface area (Å²) in [5.74, 6) is -0.196. The number of rotatable bonds is 5. The van der Waals surface area contributed by atoms with E-state index in [-0.39, 0.29) is 13.0 Å². The second-order valence-corrected chi connectivity index (χ2v) is 10.7. The van der Waals surface area contributed by atoms with Gasteiger partial charge >= 0.3 is 6.18 Å². The summed E-state index contributed by atoms with van der Waals surface area (Å²) in [6.07, 6.45) is -4.09. The molecule has 0 unspecified atom stereocenters. The molecule has 2 aliphatic rings. The summed E-state index contributed by atoms with van der Waals surface area (Å²) < 4.78 is 68.8. The predicted molar refractivity (Wildman–Crippen MR) is 112 cm³/mol. The maximum atomic E-state index is 13.5. The Kier molecular flexibility index (Phi) is 5.43. The van der Waals surface area contributed by atoms with E-state index in [4.69, 9.17) is 0 Å². The first kappa shape index (κ1) is 23.1. The van der Waals surface area contributed by atoms with Crippen molar-refractivity contribution < 1.29 is 26.4 Å². The van der Waals surface area contributed by atoms with Crippen molar-refractivity contribution in [1.82, 2.24) is 15.1 Å². The number of halogens is 3. The molecular weight excluding hydrogens is 459 g/mol. The number of nitrogens with one attached hydrogen (secondary N) is 1. The van der Waals surface area contributed by atoms with E-state index in [1.807, 2.05) is 0 Å².